The maximum atomic E-state index is 12.9. The van der Waals surface area contributed by atoms with E-state index in [4.69, 9.17) is 11.6 Å². The minimum Gasteiger partial charge on any atom is -0.371 e. The van der Waals surface area contributed by atoms with Crippen molar-refractivity contribution in [2.45, 2.75) is 25.4 Å². The Balaban J connectivity index is 1.72. The van der Waals surface area contributed by atoms with Crippen LogP contribution in [0.3, 0.4) is 0 Å². The van der Waals surface area contributed by atoms with Crippen LogP contribution in [0.2, 0.25) is 5.02 Å². The third kappa shape index (κ3) is 4.37. The van der Waals surface area contributed by atoms with E-state index in [0.29, 0.717) is 11.6 Å². The van der Waals surface area contributed by atoms with Gasteiger partial charge in [-0.3, -0.25) is 9.69 Å². The molecule has 2 aromatic carbocycles. The van der Waals surface area contributed by atoms with E-state index in [2.05, 4.69) is 28.4 Å². The first kappa shape index (κ1) is 18.7. The Morgan fingerprint density at radius 1 is 1.12 bits per heavy atom. The molecule has 1 heterocycles. The van der Waals surface area contributed by atoms with Crippen LogP contribution in [0.1, 0.15) is 30.0 Å². The number of anilines is 1. The van der Waals surface area contributed by atoms with E-state index in [0.717, 1.165) is 24.2 Å². The van der Waals surface area contributed by atoms with Gasteiger partial charge in [0.2, 0.25) is 5.91 Å². The minimum absolute atomic E-state index is 0.00597. The molecule has 0 aliphatic carbocycles. The van der Waals surface area contributed by atoms with Gasteiger partial charge < -0.3 is 10.2 Å². The summed E-state index contributed by atoms with van der Waals surface area (Å²) >= 11 is 5.98. The molecule has 26 heavy (non-hydrogen) atoms. The molecule has 0 unspecified atom stereocenters. The Hall–Kier alpha value is -2.04. The lowest BCUT2D eigenvalue weighted by molar-refractivity contribution is -0.125. The molecule has 138 valence electrons. The molecule has 2 aromatic rings. The zero-order valence-corrected chi connectivity index (χ0v) is 16.2. The van der Waals surface area contributed by atoms with E-state index in [1.807, 2.05) is 49.3 Å². The molecule has 0 radical (unpaired) electrons. The monoisotopic (exact) mass is 371 g/mol. The van der Waals surface area contributed by atoms with Crippen molar-refractivity contribution in [3.63, 3.8) is 0 Å². The predicted molar refractivity (Wildman–Crippen MR) is 108 cm³/mol. The first-order chi connectivity index (χ1) is 12.6. The van der Waals surface area contributed by atoms with Crippen molar-refractivity contribution in [2.75, 3.05) is 32.1 Å². The fourth-order valence-corrected chi connectivity index (χ4v) is 3.66. The number of rotatable bonds is 6. The predicted octanol–water partition coefficient (Wildman–Crippen LogP) is 3.86. The fourth-order valence-electron chi connectivity index (χ4n) is 3.53. The SMILES string of the molecule is CN(C)[C@H](C(=O)NCc1ccccc1N1CCCC1)c1ccc(Cl)cc1. The van der Waals surface area contributed by atoms with Crippen LogP contribution < -0.4 is 10.2 Å². The van der Waals surface area contributed by atoms with Crippen molar-refractivity contribution in [1.29, 1.82) is 0 Å². The van der Waals surface area contributed by atoms with Gasteiger partial charge in [-0.15, -0.1) is 0 Å². The minimum atomic E-state index is -0.341. The quantitative estimate of drug-likeness (QED) is 0.837. The maximum absolute atomic E-state index is 12.9. The molecule has 1 fully saturated rings. The second-order valence-corrected chi connectivity index (χ2v) is 7.39. The number of halogens is 1. The van der Waals surface area contributed by atoms with E-state index < -0.39 is 0 Å². The topological polar surface area (TPSA) is 35.6 Å². The molecular formula is C21H26ClN3O. The zero-order valence-electron chi connectivity index (χ0n) is 15.4. The van der Waals surface area contributed by atoms with Crippen LogP contribution >= 0.6 is 11.6 Å². The highest BCUT2D eigenvalue weighted by Crippen LogP contribution is 2.25. The van der Waals surface area contributed by atoms with Crippen molar-refractivity contribution in [1.82, 2.24) is 10.2 Å². The van der Waals surface area contributed by atoms with E-state index in [1.165, 1.54) is 18.5 Å². The number of hydrogen-bond acceptors (Lipinski definition) is 3. The lowest BCUT2D eigenvalue weighted by Crippen LogP contribution is -2.37. The lowest BCUT2D eigenvalue weighted by atomic mass is 10.0. The Morgan fingerprint density at radius 2 is 1.77 bits per heavy atom. The van der Waals surface area contributed by atoms with Gasteiger partial charge in [-0.25, -0.2) is 0 Å². The summed E-state index contributed by atoms with van der Waals surface area (Å²) in [4.78, 5) is 17.2. The van der Waals surface area contributed by atoms with Gasteiger partial charge >= 0.3 is 0 Å². The molecule has 1 N–H and O–H groups in total. The van der Waals surface area contributed by atoms with Gasteiger partial charge in [0.1, 0.15) is 6.04 Å². The maximum Gasteiger partial charge on any atom is 0.242 e. The second kappa shape index (κ2) is 8.56. The van der Waals surface area contributed by atoms with E-state index in [1.54, 1.807) is 0 Å². The van der Waals surface area contributed by atoms with Gasteiger partial charge in [-0.05, 0) is 56.3 Å². The summed E-state index contributed by atoms with van der Waals surface area (Å²) in [5, 5.41) is 3.79. The Bertz CT molecular complexity index is 739. The molecule has 1 aliphatic rings. The second-order valence-electron chi connectivity index (χ2n) is 6.96. The van der Waals surface area contributed by atoms with Crippen LogP contribution in [-0.2, 0) is 11.3 Å². The highest BCUT2D eigenvalue weighted by atomic mass is 35.5. The molecule has 5 heteroatoms. The highest BCUT2D eigenvalue weighted by molar-refractivity contribution is 6.30. The fraction of sp³-hybridized carbons (Fsp3) is 0.381. The Kier molecular flexibility index (Phi) is 6.17. The number of likely N-dealkylation sites (N-methyl/N-ethyl adjacent to an activating group) is 1. The molecule has 0 aromatic heterocycles. The summed E-state index contributed by atoms with van der Waals surface area (Å²) in [6, 6.07) is 15.5. The molecule has 4 nitrogen and oxygen atoms in total. The highest BCUT2D eigenvalue weighted by Gasteiger charge is 2.23. The van der Waals surface area contributed by atoms with Gasteiger partial charge in [-0.1, -0.05) is 41.9 Å². The standard InChI is InChI=1S/C21H26ClN3O/c1-24(2)20(16-9-11-18(22)12-10-16)21(26)23-15-17-7-3-4-8-19(17)25-13-5-6-14-25/h3-4,7-12,20H,5-6,13-15H2,1-2H3,(H,23,26)/t20-/m0/s1. The lowest BCUT2D eigenvalue weighted by Gasteiger charge is -2.25. The summed E-state index contributed by atoms with van der Waals surface area (Å²) in [6.07, 6.45) is 2.47. The van der Waals surface area contributed by atoms with Crippen LogP contribution in [0.15, 0.2) is 48.5 Å². The Morgan fingerprint density at radius 3 is 2.42 bits per heavy atom. The smallest absolute Gasteiger partial charge is 0.242 e. The number of hydrogen-bond donors (Lipinski definition) is 1. The average molecular weight is 372 g/mol. The summed E-state index contributed by atoms with van der Waals surface area (Å²) < 4.78 is 0. The van der Waals surface area contributed by atoms with Crippen molar-refractivity contribution >= 4 is 23.2 Å². The van der Waals surface area contributed by atoms with E-state index >= 15 is 0 Å². The molecule has 1 atom stereocenters. The van der Waals surface area contributed by atoms with Crippen molar-refractivity contribution < 1.29 is 4.79 Å². The molecule has 0 bridgehead atoms. The number of carbonyl (C=O) groups excluding carboxylic acids is 1. The number of amides is 1. The molecular weight excluding hydrogens is 346 g/mol. The largest absolute Gasteiger partial charge is 0.371 e. The van der Waals surface area contributed by atoms with E-state index in [9.17, 15) is 4.79 Å². The van der Waals surface area contributed by atoms with Crippen LogP contribution in [0.5, 0.6) is 0 Å². The van der Waals surface area contributed by atoms with Gasteiger partial charge in [0.25, 0.3) is 0 Å². The van der Waals surface area contributed by atoms with E-state index in [-0.39, 0.29) is 11.9 Å². The molecule has 3 rings (SSSR count). The molecule has 0 spiro atoms. The number of carbonyl (C=O) groups is 1. The van der Waals surface area contributed by atoms with Crippen molar-refractivity contribution in [3.8, 4) is 0 Å². The van der Waals surface area contributed by atoms with Gasteiger partial charge in [0.05, 0.1) is 0 Å². The first-order valence-corrected chi connectivity index (χ1v) is 9.46. The van der Waals surface area contributed by atoms with Gasteiger partial charge in [0.15, 0.2) is 0 Å². The third-order valence-corrected chi connectivity index (χ3v) is 5.09. The van der Waals surface area contributed by atoms with Crippen LogP contribution in [0.25, 0.3) is 0 Å². The van der Waals surface area contributed by atoms with Crippen LogP contribution in [-0.4, -0.2) is 38.0 Å². The Labute approximate surface area is 160 Å². The molecule has 1 amide bonds. The first-order valence-electron chi connectivity index (χ1n) is 9.08. The normalized spacial score (nSPS) is 15.3. The average Bonchev–Trinajstić information content (AvgIpc) is 3.16. The number of para-hydroxylation sites is 1. The summed E-state index contributed by atoms with van der Waals surface area (Å²) in [5.41, 5.74) is 3.33. The third-order valence-electron chi connectivity index (χ3n) is 4.84. The van der Waals surface area contributed by atoms with Gasteiger partial charge in [0, 0.05) is 30.3 Å². The summed E-state index contributed by atoms with van der Waals surface area (Å²) in [5.74, 6) is -0.00597. The molecule has 1 saturated heterocycles. The van der Waals surface area contributed by atoms with Gasteiger partial charge in [-0.2, -0.15) is 0 Å². The van der Waals surface area contributed by atoms with Crippen LogP contribution in [0.4, 0.5) is 5.69 Å². The van der Waals surface area contributed by atoms with Crippen LogP contribution in [0, 0.1) is 0 Å². The molecule has 0 saturated carbocycles. The number of nitrogens with one attached hydrogen (secondary N) is 1. The number of benzene rings is 2. The summed E-state index contributed by atoms with van der Waals surface area (Å²) in [7, 11) is 3.83. The van der Waals surface area contributed by atoms with Crippen molar-refractivity contribution in [2.24, 2.45) is 0 Å². The van der Waals surface area contributed by atoms with Crippen molar-refractivity contribution in [3.05, 3.63) is 64.7 Å². The zero-order chi connectivity index (χ0) is 18.5. The summed E-state index contributed by atoms with van der Waals surface area (Å²) in [6.45, 7) is 2.72. The molecule has 1 aliphatic heterocycles. The number of nitrogens with zero attached hydrogens (tertiary/aromatic N) is 2.